The summed E-state index contributed by atoms with van der Waals surface area (Å²) in [5.74, 6) is 0. The maximum atomic E-state index is 2.47. The van der Waals surface area contributed by atoms with E-state index in [1.165, 1.54) is 93.3 Å². The molecule has 10 aromatic rings. The Kier molecular flexibility index (Phi) is 8.71. The molecule has 0 aliphatic heterocycles. The first-order valence-electron chi connectivity index (χ1n) is 20.6. The molecule has 59 heavy (non-hydrogen) atoms. The maximum Gasteiger partial charge on any atom is 0.0465 e. The molecule has 0 bridgehead atoms. The van der Waals surface area contributed by atoms with Gasteiger partial charge in [0.15, 0.2) is 0 Å². The molecule has 278 valence electrons. The van der Waals surface area contributed by atoms with Gasteiger partial charge in [0.1, 0.15) is 0 Å². The molecule has 1 heteroatoms. The summed E-state index contributed by atoms with van der Waals surface area (Å²) in [6, 6.07) is 75.9. The van der Waals surface area contributed by atoms with Gasteiger partial charge in [-0.15, -0.1) is 0 Å². The molecule has 1 aliphatic rings. The minimum absolute atomic E-state index is 0.971. The van der Waals surface area contributed by atoms with Crippen molar-refractivity contribution in [3.63, 3.8) is 0 Å². The summed E-state index contributed by atoms with van der Waals surface area (Å²) in [5, 5.41) is 10.1. The molecule has 1 aliphatic carbocycles. The Morgan fingerprint density at radius 3 is 1.66 bits per heavy atom. The zero-order valence-electron chi connectivity index (χ0n) is 32.7. The van der Waals surface area contributed by atoms with Gasteiger partial charge < -0.3 is 4.90 Å². The fourth-order valence-electron chi connectivity index (χ4n) is 9.30. The highest BCUT2D eigenvalue weighted by Crippen LogP contribution is 2.50. The van der Waals surface area contributed by atoms with Gasteiger partial charge in [-0.25, -0.2) is 0 Å². The Hall–Kier alpha value is -7.48. The van der Waals surface area contributed by atoms with Crippen molar-refractivity contribution < 1.29 is 0 Å². The number of rotatable bonds is 7. The van der Waals surface area contributed by atoms with Gasteiger partial charge in [-0.1, -0.05) is 182 Å². The molecule has 0 saturated carbocycles. The van der Waals surface area contributed by atoms with Crippen LogP contribution in [0.25, 0.3) is 87.6 Å². The molecule has 0 spiro atoms. The highest BCUT2D eigenvalue weighted by atomic mass is 15.1. The number of benzene rings is 10. The van der Waals surface area contributed by atoms with Crippen LogP contribution in [0.5, 0.6) is 0 Å². The monoisotopic (exact) mass is 751 g/mol. The Morgan fingerprint density at radius 2 is 0.949 bits per heavy atom. The van der Waals surface area contributed by atoms with Crippen LogP contribution in [0.15, 0.2) is 230 Å². The first-order chi connectivity index (χ1) is 29.3. The van der Waals surface area contributed by atoms with E-state index < -0.39 is 0 Å². The third kappa shape index (κ3) is 6.20. The number of anilines is 2. The number of fused-ring (bicyclic) bond motifs is 7. The van der Waals surface area contributed by atoms with E-state index in [0.29, 0.717) is 0 Å². The molecule has 10 aromatic carbocycles. The van der Waals surface area contributed by atoms with Gasteiger partial charge >= 0.3 is 0 Å². The minimum Gasteiger partial charge on any atom is -0.314 e. The van der Waals surface area contributed by atoms with Gasteiger partial charge in [-0.2, -0.15) is 0 Å². The molecular formula is C58H41N. The third-order valence-corrected chi connectivity index (χ3v) is 12.1. The zero-order valence-corrected chi connectivity index (χ0v) is 32.7. The highest BCUT2D eigenvalue weighted by molar-refractivity contribution is 6.33. The minimum atomic E-state index is 0.971. The second-order valence-corrected chi connectivity index (χ2v) is 15.5. The van der Waals surface area contributed by atoms with Crippen LogP contribution in [0.4, 0.5) is 11.4 Å². The predicted molar refractivity (Wildman–Crippen MR) is 253 cm³/mol. The third-order valence-electron chi connectivity index (χ3n) is 12.1. The van der Waals surface area contributed by atoms with Crippen LogP contribution in [-0.2, 0) is 0 Å². The first-order valence-corrected chi connectivity index (χ1v) is 20.6. The molecule has 0 unspecified atom stereocenters. The molecule has 0 saturated heterocycles. The number of nitrogens with zero attached hydrogens (tertiary/aromatic N) is 1. The normalized spacial score (nSPS) is 12.6. The van der Waals surface area contributed by atoms with E-state index in [1.54, 1.807) is 0 Å². The van der Waals surface area contributed by atoms with Crippen molar-refractivity contribution in [2.24, 2.45) is 0 Å². The highest BCUT2D eigenvalue weighted by Gasteiger charge is 2.23. The van der Waals surface area contributed by atoms with Gasteiger partial charge in [0.05, 0.1) is 0 Å². The van der Waals surface area contributed by atoms with Gasteiger partial charge in [0.2, 0.25) is 0 Å². The van der Waals surface area contributed by atoms with Crippen LogP contribution in [-0.4, -0.2) is 0 Å². The number of hydrogen-bond acceptors (Lipinski definition) is 1. The summed E-state index contributed by atoms with van der Waals surface area (Å²) in [6.07, 6.45) is 8.75. The predicted octanol–water partition coefficient (Wildman–Crippen LogP) is 16.3. The average Bonchev–Trinajstić information content (AvgIpc) is 3.32. The Labute approximate surface area is 345 Å². The lowest BCUT2D eigenvalue weighted by Crippen LogP contribution is -2.17. The molecule has 11 rings (SSSR count). The lowest BCUT2D eigenvalue weighted by Gasteiger charge is -2.30. The van der Waals surface area contributed by atoms with Crippen LogP contribution < -0.4 is 4.90 Å². The van der Waals surface area contributed by atoms with Crippen LogP contribution in [0.2, 0.25) is 0 Å². The number of hydrogen-bond donors (Lipinski definition) is 0. The molecule has 1 nitrogen and oxygen atoms in total. The summed E-state index contributed by atoms with van der Waals surface area (Å²) >= 11 is 0. The lowest BCUT2D eigenvalue weighted by atomic mass is 9.81. The molecule has 0 heterocycles. The van der Waals surface area contributed by atoms with Crippen molar-refractivity contribution in [3.05, 3.63) is 230 Å². The summed E-state index contributed by atoms with van der Waals surface area (Å²) in [4.78, 5) is 2.47. The van der Waals surface area contributed by atoms with Gasteiger partial charge in [0, 0.05) is 17.1 Å². The van der Waals surface area contributed by atoms with E-state index >= 15 is 0 Å². The standard InChI is InChI=1S/C58H41N/c1-5-18-42(19-6-1)53-39-54(43-20-7-2-8-21-43)57-51-28-16-15-27-50(51)55-38-49(35-36-52(55)58(57)56(53)44-22-9-3-10-23-44)59(47-25-11-4-12-26-47)48-33-31-41(32-34-48)46-30-29-40-17-13-14-24-45(40)37-46/h1-11,13-25,27-39H,12,26H2. The van der Waals surface area contributed by atoms with Gasteiger partial charge in [-0.3, -0.25) is 0 Å². The Balaban J connectivity index is 1.18. The van der Waals surface area contributed by atoms with Crippen LogP contribution in [0.1, 0.15) is 12.8 Å². The van der Waals surface area contributed by atoms with E-state index in [9.17, 15) is 0 Å². The van der Waals surface area contributed by atoms with Crippen molar-refractivity contribution in [2.75, 3.05) is 4.90 Å². The largest absolute Gasteiger partial charge is 0.314 e. The first kappa shape index (κ1) is 34.7. The topological polar surface area (TPSA) is 3.24 Å². The molecule has 0 fully saturated rings. The van der Waals surface area contributed by atoms with Crippen LogP contribution in [0.3, 0.4) is 0 Å². The second-order valence-electron chi connectivity index (χ2n) is 15.5. The van der Waals surface area contributed by atoms with E-state index in [1.807, 2.05) is 0 Å². The van der Waals surface area contributed by atoms with Crippen LogP contribution >= 0.6 is 0 Å². The van der Waals surface area contributed by atoms with Crippen molar-refractivity contribution in [2.45, 2.75) is 12.8 Å². The van der Waals surface area contributed by atoms with Gasteiger partial charge in [0.25, 0.3) is 0 Å². The summed E-state index contributed by atoms with van der Waals surface area (Å²) in [5.41, 5.74) is 13.4. The fraction of sp³-hybridized carbons (Fsp3) is 0.0345. The average molecular weight is 752 g/mol. The van der Waals surface area contributed by atoms with Gasteiger partial charge in [-0.05, 0) is 143 Å². The van der Waals surface area contributed by atoms with E-state index in [-0.39, 0.29) is 0 Å². The van der Waals surface area contributed by atoms with Crippen molar-refractivity contribution in [3.8, 4) is 44.5 Å². The van der Waals surface area contributed by atoms with Crippen molar-refractivity contribution in [1.29, 1.82) is 0 Å². The Morgan fingerprint density at radius 1 is 0.356 bits per heavy atom. The van der Waals surface area contributed by atoms with Crippen LogP contribution in [0, 0.1) is 0 Å². The summed E-state index contributed by atoms with van der Waals surface area (Å²) < 4.78 is 0. The SMILES string of the molecule is C1=CCCC(N(c2ccc(-c3ccc4ccccc4c3)cc2)c2ccc3c(c2)c2ccccc2c2c(-c4ccccc4)cc(-c4ccccc4)c(-c4ccccc4)c32)=C1. The molecule has 0 atom stereocenters. The zero-order chi connectivity index (χ0) is 39.1. The summed E-state index contributed by atoms with van der Waals surface area (Å²) in [7, 11) is 0. The molecular weight excluding hydrogens is 711 g/mol. The van der Waals surface area contributed by atoms with E-state index in [4.69, 9.17) is 0 Å². The smallest absolute Gasteiger partial charge is 0.0465 e. The van der Waals surface area contributed by atoms with Crippen molar-refractivity contribution in [1.82, 2.24) is 0 Å². The second kappa shape index (κ2) is 14.8. The summed E-state index contributed by atoms with van der Waals surface area (Å²) in [6.45, 7) is 0. The molecule has 0 N–H and O–H groups in total. The number of allylic oxidation sites excluding steroid dienone is 4. The lowest BCUT2D eigenvalue weighted by molar-refractivity contribution is 0.918. The maximum absolute atomic E-state index is 2.47. The quantitative estimate of drug-likeness (QED) is 0.147. The molecule has 0 amide bonds. The molecule has 0 aromatic heterocycles. The van der Waals surface area contributed by atoms with E-state index in [2.05, 4.69) is 229 Å². The van der Waals surface area contributed by atoms with Crippen molar-refractivity contribution >= 4 is 54.5 Å². The Bertz CT molecular complexity index is 3230. The molecule has 0 radical (unpaired) electrons. The van der Waals surface area contributed by atoms with E-state index in [0.717, 1.165) is 24.2 Å². The fourth-order valence-corrected chi connectivity index (χ4v) is 9.30.